The average Bonchev–Trinajstić information content (AvgIpc) is 3.32. The SMILES string of the molecule is O=[N+]([O-])c1ccccc1C1CC(C2C=CC=C2)=NN1c1ccccc1Cl. The lowest BCUT2D eigenvalue weighted by atomic mass is 9.94. The summed E-state index contributed by atoms with van der Waals surface area (Å²) in [5.74, 6) is 0.118. The lowest BCUT2D eigenvalue weighted by Gasteiger charge is -2.24. The molecule has 2 aliphatic rings. The standard InChI is InChI=1S/C20H16ClN3O2/c21-16-10-4-6-12-19(16)23-20(13-17(22-23)14-7-1-2-8-14)15-9-3-5-11-18(15)24(25)26/h1-12,14,20H,13H2. The van der Waals surface area contributed by atoms with E-state index in [1.165, 1.54) is 6.07 Å². The van der Waals surface area contributed by atoms with Crippen molar-refractivity contribution in [1.82, 2.24) is 0 Å². The highest BCUT2D eigenvalue weighted by molar-refractivity contribution is 6.33. The minimum Gasteiger partial charge on any atom is -0.258 e. The Morgan fingerprint density at radius 3 is 2.50 bits per heavy atom. The highest BCUT2D eigenvalue weighted by Gasteiger charge is 2.36. The van der Waals surface area contributed by atoms with Crippen LogP contribution in [0.15, 0.2) is 77.9 Å². The van der Waals surface area contributed by atoms with E-state index in [9.17, 15) is 10.1 Å². The van der Waals surface area contributed by atoms with E-state index >= 15 is 0 Å². The molecular weight excluding hydrogens is 350 g/mol. The van der Waals surface area contributed by atoms with Gasteiger partial charge < -0.3 is 0 Å². The van der Waals surface area contributed by atoms with Crippen molar-refractivity contribution in [3.8, 4) is 0 Å². The van der Waals surface area contributed by atoms with Crippen molar-refractivity contribution in [3.05, 3.63) is 93.5 Å². The van der Waals surface area contributed by atoms with Crippen molar-refractivity contribution in [2.75, 3.05) is 5.01 Å². The summed E-state index contributed by atoms with van der Waals surface area (Å²) in [6.07, 6.45) is 8.74. The largest absolute Gasteiger partial charge is 0.274 e. The Morgan fingerprint density at radius 1 is 1.08 bits per heavy atom. The summed E-state index contributed by atoms with van der Waals surface area (Å²) in [5, 5.41) is 18.7. The molecule has 0 spiro atoms. The van der Waals surface area contributed by atoms with Crippen LogP contribution in [0.4, 0.5) is 11.4 Å². The molecular formula is C20H16ClN3O2. The molecule has 0 fully saturated rings. The number of nitrogens with zero attached hydrogens (tertiary/aromatic N) is 3. The zero-order chi connectivity index (χ0) is 18.1. The third kappa shape index (κ3) is 2.91. The number of anilines is 1. The number of para-hydroxylation sites is 2. The topological polar surface area (TPSA) is 58.7 Å². The third-order valence-corrected chi connectivity index (χ3v) is 4.98. The highest BCUT2D eigenvalue weighted by atomic mass is 35.5. The molecule has 26 heavy (non-hydrogen) atoms. The molecule has 5 nitrogen and oxygen atoms in total. The van der Waals surface area contributed by atoms with Crippen molar-refractivity contribution in [1.29, 1.82) is 0 Å². The summed E-state index contributed by atoms with van der Waals surface area (Å²) >= 11 is 6.39. The van der Waals surface area contributed by atoms with Gasteiger partial charge in [0.15, 0.2) is 0 Å². The molecule has 1 atom stereocenters. The van der Waals surface area contributed by atoms with E-state index in [1.807, 2.05) is 41.4 Å². The summed E-state index contributed by atoms with van der Waals surface area (Å²) < 4.78 is 0. The molecule has 0 amide bonds. The maximum Gasteiger partial charge on any atom is 0.274 e. The van der Waals surface area contributed by atoms with Crippen LogP contribution in [0.2, 0.25) is 5.02 Å². The first-order chi connectivity index (χ1) is 12.6. The molecule has 1 aliphatic carbocycles. The van der Waals surface area contributed by atoms with Gasteiger partial charge in [-0.05, 0) is 18.2 Å². The molecule has 4 rings (SSSR count). The van der Waals surface area contributed by atoms with E-state index in [0.29, 0.717) is 17.0 Å². The lowest BCUT2D eigenvalue weighted by Crippen LogP contribution is -2.20. The molecule has 0 saturated carbocycles. The zero-order valence-electron chi connectivity index (χ0n) is 13.8. The summed E-state index contributed by atoms with van der Waals surface area (Å²) in [5.41, 5.74) is 2.46. The van der Waals surface area contributed by atoms with Crippen LogP contribution in [-0.2, 0) is 0 Å². The van der Waals surface area contributed by atoms with Crippen LogP contribution in [0.3, 0.4) is 0 Å². The fraction of sp³-hybridized carbons (Fsp3) is 0.150. The van der Waals surface area contributed by atoms with E-state index in [2.05, 4.69) is 12.2 Å². The van der Waals surface area contributed by atoms with Crippen LogP contribution in [-0.4, -0.2) is 10.6 Å². The van der Waals surface area contributed by atoms with Crippen molar-refractivity contribution < 1.29 is 4.92 Å². The molecule has 0 N–H and O–H groups in total. The Bertz CT molecular complexity index is 940. The molecule has 0 radical (unpaired) electrons. The summed E-state index contributed by atoms with van der Waals surface area (Å²) in [4.78, 5) is 11.2. The first-order valence-corrected chi connectivity index (χ1v) is 8.72. The molecule has 1 heterocycles. The predicted octanol–water partition coefficient (Wildman–Crippen LogP) is 5.30. The van der Waals surface area contributed by atoms with Crippen molar-refractivity contribution >= 4 is 28.7 Å². The minimum atomic E-state index is -0.340. The normalized spacial score (nSPS) is 19.2. The van der Waals surface area contributed by atoms with Gasteiger partial charge in [0.1, 0.15) is 0 Å². The predicted molar refractivity (Wildman–Crippen MR) is 104 cm³/mol. The van der Waals surface area contributed by atoms with Crippen molar-refractivity contribution in [2.45, 2.75) is 12.5 Å². The van der Waals surface area contributed by atoms with Crippen LogP contribution < -0.4 is 5.01 Å². The van der Waals surface area contributed by atoms with E-state index < -0.39 is 0 Å². The van der Waals surface area contributed by atoms with Gasteiger partial charge in [-0.1, -0.05) is 60.2 Å². The van der Waals surface area contributed by atoms with Gasteiger partial charge in [0, 0.05) is 18.4 Å². The number of halogens is 1. The van der Waals surface area contributed by atoms with Crippen LogP contribution >= 0.6 is 11.6 Å². The second-order valence-electron chi connectivity index (χ2n) is 6.22. The fourth-order valence-electron chi connectivity index (χ4n) is 3.43. The molecule has 0 saturated heterocycles. The maximum atomic E-state index is 11.5. The van der Waals surface area contributed by atoms with Gasteiger partial charge in [0.25, 0.3) is 5.69 Å². The van der Waals surface area contributed by atoms with Crippen LogP contribution in [0.25, 0.3) is 0 Å². The summed E-state index contributed by atoms with van der Waals surface area (Å²) in [7, 11) is 0. The zero-order valence-corrected chi connectivity index (χ0v) is 14.6. The Morgan fingerprint density at radius 2 is 1.77 bits per heavy atom. The van der Waals surface area contributed by atoms with Gasteiger partial charge in [-0.25, -0.2) is 0 Å². The summed E-state index contributed by atoms with van der Waals surface area (Å²) in [6.45, 7) is 0. The van der Waals surface area contributed by atoms with Gasteiger partial charge in [-0.3, -0.25) is 15.1 Å². The first-order valence-electron chi connectivity index (χ1n) is 8.34. The second-order valence-corrected chi connectivity index (χ2v) is 6.63. The molecule has 1 unspecified atom stereocenters. The first kappa shape index (κ1) is 16.5. The quantitative estimate of drug-likeness (QED) is 0.545. The van der Waals surface area contributed by atoms with Gasteiger partial charge in [-0.2, -0.15) is 5.10 Å². The second kappa shape index (κ2) is 6.77. The molecule has 0 bridgehead atoms. The summed E-state index contributed by atoms with van der Waals surface area (Å²) in [6, 6.07) is 14.0. The van der Waals surface area contributed by atoms with E-state index in [4.69, 9.17) is 16.7 Å². The number of nitro groups is 1. The smallest absolute Gasteiger partial charge is 0.258 e. The van der Waals surface area contributed by atoms with Gasteiger partial charge >= 0.3 is 0 Å². The van der Waals surface area contributed by atoms with Crippen LogP contribution in [0.5, 0.6) is 0 Å². The Balaban J connectivity index is 1.81. The molecule has 2 aromatic rings. The number of hydrogen-bond donors (Lipinski definition) is 0. The monoisotopic (exact) mass is 365 g/mol. The molecule has 6 heteroatoms. The number of benzene rings is 2. The number of hydrogen-bond acceptors (Lipinski definition) is 4. The lowest BCUT2D eigenvalue weighted by molar-refractivity contribution is -0.385. The molecule has 2 aromatic carbocycles. The number of rotatable bonds is 4. The Hall–Kier alpha value is -2.92. The van der Waals surface area contributed by atoms with Gasteiger partial charge in [0.05, 0.1) is 33.0 Å². The van der Waals surface area contributed by atoms with Gasteiger partial charge in [0.2, 0.25) is 0 Å². The van der Waals surface area contributed by atoms with E-state index in [0.717, 1.165) is 11.4 Å². The van der Waals surface area contributed by atoms with Crippen molar-refractivity contribution in [3.63, 3.8) is 0 Å². The fourth-order valence-corrected chi connectivity index (χ4v) is 3.65. The third-order valence-electron chi connectivity index (χ3n) is 4.66. The van der Waals surface area contributed by atoms with Crippen LogP contribution in [0, 0.1) is 16.0 Å². The average molecular weight is 366 g/mol. The van der Waals surface area contributed by atoms with E-state index in [-0.39, 0.29) is 22.6 Å². The molecule has 1 aliphatic heterocycles. The van der Waals surface area contributed by atoms with Gasteiger partial charge in [-0.15, -0.1) is 0 Å². The minimum absolute atomic E-state index is 0.100. The number of allylic oxidation sites excluding steroid dienone is 4. The highest BCUT2D eigenvalue weighted by Crippen LogP contribution is 2.42. The van der Waals surface area contributed by atoms with Crippen molar-refractivity contribution in [2.24, 2.45) is 11.0 Å². The Kier molecular flexibility index (Phi) is 4.31. The molecule has 130 valence electrons. The number of hydrazone groups is 1. The molecule has 0 aromatic heterocycles. The maximum absolute atomic E-state index is 11.5. The number of nitro benzene ring substituents is 1. The van der Waals surface area contributed by atoms with E-state index in [1.54, 1.807) is 18.2 Å². The Labute approximate surface area is 156 Å². The van der Waals surface area contributed by atoms with Crippen LogP contribution in [0.1, 0.15) is 18.0 Å².